The number of carbonyl (C=O) groups is 2. The first kappa shape index (κ1) is 30.5. The molecule has 1 N–H and O–H groups in total. The molecule has 3 saturated carbocycles. The lowest BCUT2D eigenvalue weighted by Gasteiger charge is -2.68. The maximum Gasteiger partial charge on any atom is 0.404 e. The van der Waals surface area contributed by atoms with Gasteiger partial charge < -0.3 is 4.79 Å². The van der Waals surface area contributed by atoms with E-state index < -0.39 is 55.6 Å². The summed E-state index contributed by atoms with van der Waals surface area (Å²) in [4.78, 5) is 30.8. The van der Waals surface area contributed by atoms with E-state index in [2.05, 4.69) is 37.3 Å². The molecule has 10 heteroatoms. The van der Waals surface area contributed by atoms with E-state index >= 15 is 0 Å². The fourth-order valence-electron chi connectivity index (χ4n) is 9.97. The van der Waals surface area contributed by atoms with E-state index in [1.165, 1.54) is 0 Å². The van der Waals surface area contributed by atoms with Gasteiger partial charge >= 0.3 is 6.18 Å². The van der Waals surface area contributed by atoms with Crippen LogP contribution in [0, 0.1) is 51.9 Å². The van der Waals surface area contributed by atoms with Gasteiger partial charge in [-0.25, -0.2) is 18.0 Å². The van der Waals surface area contributed by atoms with Gasteiger partial charge in [-0.2, -0.15) is 13.2 Å². The molecular formula is C31H41F3N2O4S. The minimum atomic E-state index is -4.87. The van der Waals surface area contributed by atoms with Crippen molar-refractivity contribution in [2.24, 2.45) is 45.3 Å². The Balaban J connectivity index is 1.64. The number of halogens is 3. The molecule has 0 aromatic rings. The molecule has 0 aliphatic heterocycles. The summed E-state index contributed by atoms with van der Waals surface area (Å²) < 4.78 is 68.0. The van der Waals surface area contributed by atoms with E-state index in [9.17, 15) is 31.2 Å². The van der Waals surface area contributed by atoms with Gasteiger partial charge in [0.2, 0.25) is 15.7 Å². The second-order valence-electron chi connectivity index (χ2n) is 15.0. The molecule has 0 aromatic carbocycles. The maximum atomic E-state index is 14.4. The van der Waals surface area contributed by atoms with Crippen molar-refractivity contribution >= 4 is 21.6 Å². The third-order valence-corrected chi connectivity index (χ3v) is 13.6. The molecule has 5 rings (SSSR count). The summed E-state index contributed by atoms with van der Waals surface area (Å²) in [6, 6.07) is 0. The van der Waals surface area contributed by atoms with Crippen LogP contribution in [0.1, 0.15) is 86.5 Å². The second kappa shape index (κ2) is 9.01. The number of alkyl halides is 3. The van der Waals surface area contributed by atoms with Gasteiger partial charge in [-0.1, -0.05) is 53.2 Å². The SMILES string of the molecule is [C-]#[N+]C1=C[C@]2(C)C3=CC(=O)[C@@H]4[C@@H]5CC(C)(C)CC[C@]5(NS(=O)(=O)CC(F)(F)F)CC[C@@]4(C)[C@]3(C)CC[C@H]2[C@H](C)C1=O. The Morgan fingerprint density at radius 3 is 2.27 bits per heavy atom. The molecule has 6 nitrogen and oxygen atoms in total. The number of carbonyl (C=O) groups excluding carboxylic acids is 2. The molecule has 226 valence electrons. The Morgan fingerprint density at radius 1 is 1.02 bits per heavy atom. The van der Waals surface area contributed by atoms with Crippen molar-refractivity contribution in [3.63, 3.8) is 0 Å². The predicted octanol–water partition coefficient (Wildman–Crippen LogP) is 6.40. The summed E-state index contributed by atoms with van der Waals surface area (Å²) in [6.45, 7) is 20.0. The van der Waals surface area contributed by atoms with Crippen LogP contribution < -0.4 is 4.72 Å². The minimum absolute atomic E-state index is 0.0433. The van der Waals surface area contributed by atoms with Gasteiger partial charge in [0.05, 0.1) is 6.57 Å². The lowest BCUT2D eigenvalue weighted by molar-refractivity contribution is -0.157. The maximum absolute atomic E-state index is 14.4. The number of Topliss-reactive ketones (excluding diaryl/α,β-unsaturated/α-hetero) is 1. The van der Waals surface area contributed by atoms with Crippen LogP contribution in [0.15, 0.2) is 23.4 Å². The van der Waals surface area contributed by atoms with Crippen molar-refractivity contribution in [2.45, 2.75) is 98.2 Å². The highest BCUT2D eigenvalue weighted by Crippen LogP contribution is 2.72. The van der Waals surface area contributed by atoms with Gasteiger partial charge in [-0.05, 0) is 79.1 Å². The van der Waals surface area contributed by atoms with E-state index in [0.29, 0.717) is 32.1 Å². The molecule has 0 radical (unpaired) electrons. The number of nitrogens with one attached hydrogen (secondary N) is 1. The van der Waals surface area contributed by atoms with E-state index in [1.54, 1.807) is 12.2 Å². The highest BCUT2D eigenvalue weighted by molar-refractivity contribution is 7.89. The predicted molar refractivity (Wildman–Crippen MR) is 149 cm³/mol. The zero-order valence-electron chi connectivity index (χ0n) is 24.7. The van der Waals surface area contributed by atoms with Crippen LogP contribution >= 0.6 is 0 Å². The molecule has 0 saturated heterocycles. The normalized spacial score (nSPS) is 43.9. The average Bonchev–Trinajstić information content (AvgIpc) is 2.82. The summed E-state index contributed by atoms with van der Waals surface area (Å²) in [5, 5.41) is 0. The highest BCUT2D eigenvalue weighted by Gasteiger charge is 2.69. The largest absolute Gasteiger partial charge is 0.404 e. The molecule has 0 aromatic heterocycles. The lowest BCUT2D eigenvalue weighted by Crippen LogP contribution is -2.69. The van der Waals surface area contributed by atoms with Gasteiger partial charge in [0.25, 0.3) is 0 Å². The number of hydrogen-bond acceptors (Lipinski definition) is 4. The van der Waals surface area contributed by atoms with Crippen LogP contribution in [-0.2, 0) is 19.6 Å². The number of ketones is 2. The fourth-order valence-corrected chi connectivity index (χ4v) is 11.4. The summed E-state index contributed by atoms with van der Waals surface area (Å²) in [6.07, 6.45) is 2.48. The Labute approximate surface area is 241 Å². The van der Waals surface area contributed by atoms with E-state index in [4.69, 9.17) is 6.57 Å². The van der Waals surface area contributed by atoms with Crippen molar-refractivity contribution < 1.29 is 31.2 Å². The van der Waals surface area contributed by atoms with Crippen LogP contribution in [-0.4, -0.2) is 37.5 Å². The molecule has 41 heavy (non-hydrogen) atoms. The van der Waals surface area contributed by atoms with Gasteiger partial charge in [0.1, 0.15) is 0 Å². The van der Waals surface area contributed by atoms with Crippen LogP contribution in [0.3, 0.4) is 0 Å². The van der Waals surface area contributed by atoms with Crippen LogP contribution in [0.4, 0.5) is 13.2 Å². The molecule has 5 aliphatic carbocycles. The Morgan fingerprint density at radius 2 is 1.66 bits per heavy atom. The lowest BCUT2D eigenvalue weighted by atomic mass is 9.36. The molecular weight excluding hydrogens is 553 g/mol. The van der Waals surface area contributed by atoms with E-state index in [-0.39, 0.29) is 34.5 Å². The summed E-state index contributed by atoms with van der Waals surface area (Å²) in [7, 11) is -4.69. The monoisotopic (exact) mass is 594 g/mol. The Bertz CT molecular complexity index is 1410. The second-order valence-corrected chi connectivity index (χ2v) is 16.7. The Hall–Kier alpha value is -1.99. The van der Waals surface area contributed by atoms with E-state index in [1.807, 2.05) is 13.8 Å². The number of fused-ring (bicyclic) bond motifs is 7. The molecule has 5 aliphatic rings. The van der Waals surface area contributed by atoms with Crippen LogP contribution in [0.5, 0.6) is 0 Å². The molecule has 3 fully saturated rings. The Kier molecular flexibility index (Phi) is 6.70. The standard InChI is InChI=1S/C31H41F3N2O4S/c1-18-19-8-9-28(5)23(27(19,4)16-21(35-7)25(18)38)14-22(37)24-20-15-26(2,3)10-12-30(20,13-11-29(24,28)6)36-41(39,40)17-31(32,33)34/h14,16,18-20,24,36H,8-13,15,17H2,1-6H3/t18-,19-,20-,24-,27-,28+,29+,30-/m0/s1. The van der Waals surface area contributed by atoms with Crippen LogP contribution in [0.25, 0.3) is 4.85 Å². The van der Waals surface area contributed by atoms with Crippen molar-refractivity contribution in [3.05, 3.63) is 34.8 Å². The van der Waals surface area contributed by atoms with Gasteiger partial charge in [0, 0.05) is 22.8 Å². The number of nitrogens with zero attached hydrogens (tertiary/aromatic N) is 1. The molecule has 8 atom stereocenters. The highest BCUT2D eigenvalue weighted by atomic mass is 32.2. The molecule has 0 amide bonds. The number of rotatable bonds is 3. The van der Waals surface area contributed by atoms with Crippen molar-refractivity contribution in [3.8, 4) is 0 Å². The quantitative estimate of drug-likeness (QED) is 0.383. The van der Waals surface area contributed by atoms with Crippen molar-refractivity contribution in [1.29, 1.82) is 0 Å². The van der Waals surface area contributed by atoms with Crippen molar-refractivity contribution in [1.82, 2.24) is 4.72 Å². The first-order valence-electron chi connectivity index (χ1n) is 14.6. The third-order valence-electron chi connectivity index (χ3n) is 12.2. The van der Waals surface area contributed by atoms with Gasteiger partial charge in [-0.15, -0.1) is 0 Å². The van der Waals surface area contributed by atoms with Crippen molar-refractivity contribution in [2.75, 3.05) is 5.75 Å². The third kappa shape index (κ3) is 4.47. The summed E-state index contributed by atoms with van der Waals surface area (Å²) >= 11 is 0. The minimum Gasteiger partial charge on any atom is -0.308 e. The molecule has 0 unspecified atom stereocenters. The first-order valence-corrected chi connectivity index (χ1v) is 16.3. The molecule has 0 heterocycles. The number of allylic oxidation sites excluding steroid dienone is 4. The number of sulfonamides is 1. The van der Waals surface area contributed by atoms with Gasteiger partial charge in [-0.3, -0.25) is 4.79 Å². The molecule has 0 spiro atoms. The number of hydrogen-bond donors (Lipinski definition) is 1. The average molecular weight is 595 g/mol. The topological polar surface area (TPSA) is 84.7 Å². The zero-order valence-corrected chi connectivity index (χ0v) is 25.6. The molecule has 0 bridgehead atoms. The van der Waals surface area contributed by atoms with E-state index in [0.717, 1.165) is 18.4 Å². The summed E-state index contributed by atoms with van der Waals surface area (Å²) in [5.41, 5.74) is -1.98. The fraction of sp³-hybridized carbons (Fsp3) is 0.774. The van der Waals surface area contributed by atoms with Crippen LogP contribution in [0.2, 0.25) is 0 Å². The summed E-state index contributed by atoms with van der Waals surface area (Å²) in [5.74, 6) is -3.63. The smallest absolute Gasteiger partial charge is 0.308 e. The van der Waals surface area contributed by atoms with Gasteiger partial charge in [0.15, 0.2) is 17.3 Å². The first-order chi connectivity index (χ1) is 18.6. The zero-order chi connectivity index (χ0) is 30.6.